The minimum atomic E-state index is 0. The fourth-order valence-electron chi connectivity index (χ4n) is 2.41. The summed E-state index contributed by atoms with van der Waals surface area (Å²) in [5.41, 5.74) is 6.43. The fraction of sp³-hybridized carbons (Fsp3) is 0.667. The minimum Gasteiger partial charge on any atom is -0.494 e. The molecule has 1 aromatic carbocycles. The molecule has 0 unspecified atom stereocenters. The second-order valence-corrected chi connectivity index (χ2v) is 5.62. The van der Waals surface area contributed by atoms with Crippen molar-refractivity contribution in [1.29, 1.82) is 0 Å². The number of nitrogen functional groups attached to an aromatic ring is 1. The van der Waals surface area contributed by atoms with Gasteiger partial charge in [-0.1, -0.05) is 39.5 Å². The molecular weight excluding hydrogens is 331 g/mol. The van der Waals surface area contributed by atoms with Crippen molar-refractivity contribution in [2.45, 2.75) is 52.4 Å². The Hall–Kier alpha value is -0.640. The second kappa shape index (κ2) is 16.2. The smallest absolute Gasteiger partial charge is 0.119 e. The van der Waals surface area contributed by atoms with E-state index in [-0.39, 0.29) is 24.8 Å². The van der Waals surface area contributed by atoms with Crippen LogP contribution in [0.2, 0.25) is 0 Å². The number of unbranched alkanes of at least 4 members (excludes halogenated alkanes) is 4. The van der Waals surface area contributed by atoms with Gasteiger partial charge in [-0.2, -0.15) is 0 Å². The summed E-state index contributed by atoms with van der Waals surface area (Å²) in [5.74, 6) is 0.909. The lowest BCUT2D eigenvalue weighted by atomic mass is 10.1. The summed E-state index contributed by atoms with van der Waals surface area (Å²) in [7, 11) is 0. The summed E-state index contributed by atoms with van der Waals surface area (Å²) >= 11 is 0. The van der Waals surface area contributed by atoms with E-state index in [0.717, 1.165) is 37.6 Å². The predicted molar refractivity (Wildman–Crippen MR) is 106 cm³/mol. The van der Waals surface area contributed by atoms with Crippen LogP contribution in [0.15, 0.2) is 24.3 Å². The van der Waals surface area contributed by atoms with Crippen molar-refractivity contribution in [3.8, 4) is 5.75 Å². The molecule has 0 radical (unpaired) electrons. The average molecular weight is 365 g/mol. The largest absolute Gasteiger partial charge is 0.494 e. The van der Waals surface area contributed by atoms with Gasteiger partial charge in [0.05, 0.1) is 6.61 Å². The lowest BCUT2D eigenvalue weighted by Gasteiger charge is -2.20. The van der Waals surface area contributed by atoms with Crippen molar-refractivity contribution in [1.82, 2.24) is 4.90 Å². The molecule has 0 saturated carbocycles. The van der Waals surface area contributed by atoms with Crippen LogP contribution >= 0.6 is 24.8 Å². The van der Waals surface area contributed by atoms with Crippen LogP contribution in [0.4, 0.5) is 5.69 Å². The highest BCUT2D eigenvalue weighted by Gasteiger charge is 2.02. The van der Waals surface area contributed by atoms with Crippen molar-refractivity contribution in [3.05, 3.63) is 24.3 Å². The molecule has 2 N–H and O–H groups in total. The normalized spacial score (nSPS) is 10.0. The summed E-state index contributed by atoms with van der Waals surface area (Å²) in [6.07, 6.45) is 7.85. The summed E-state index contributed by atoms with van der Waals surface area (Å²) in [4.78, 5) is 2.53. The Balaban J connectivity index is 0. The van der Waals surface area contributed by atoms with Gasteiger partial charge in [-0.15, -0.1) is 24.8 Å². The van der Waals surface area contributed by atoms with E-state index in [1.165, 1.54) is 38.6 Å². The van der Waals surface area contributed by atoms with E-state index in [0.29, 0.717) is 0 Å². The van der Waals surface area contributed by atoms with E-state index in [1.54, 1.807) is 0 Å². The van der Waals surface area contributed by atoms with Crippen molar-refractivity contribution >= 4 is 30.5 Å². The highest BCUT2D eigenvalue weighted by molar-refractivity contribution is 5.85. The Bertz CT molecular complexity index is 361. The summed E-state index contributed by atoms with van der Waals surface area (Å²) in [6.45, 7) is 8.76. The molecule has 0 fully saturated rings. The molecule has 0 saturated heterocycles. The molecule has 1 rings (SSSR count). The molecule has 5 heteroatoms. The van der Waals surface area contributed by atoms with Gasteiger partial charge < -0.3 is 15.4 Å². The monoisotopic (exact) mass is 364 g/mol. The third kappa shape index (κ3) is 12.4. The number of nitrogens with two attached hydrogens (primary N) is 1. The van der Waals surface area contributed by atoms with Crippen molar-refractivity contribution < 1.29 is 4.74 Å². The first-order valence-corrected chi connectivity index (χ1v) is 8.47. The van der Waals surface area contributed by atoms with E-state index in [1.807, 2.05) is 24.3 Å². The SMILES string of the molecule is CCCCCCCN(CC)CCCOc1ccc(N)cc1.Cl.Cl. The number of hydrogen-bond acceptors (Lipinski definition) is 3. The Morgan fingerprint density at radius 1 is 0.870 bits per heavy atom. The van der Waals surface area contributed by atoms with E-state index < -0.39 is 0 Å². The molecule has 0 atom stereocenters. The average Bonchev–Trinajstić information content (AvgIpc) is 2.51. The first-order chi connectivity index (χ1) is 10.3. The zero-order valence-electron chi connectivity index (χ0n) is 14.6. The number of halogens is 2. The molecule has 0 aliphatic rings. The fourth-order valence-corrected chi connectivity index (χ4v) is 2.41. The maximum atomic E-state index is 5.73. The van der Waals surface area contributed by atoms with Gasteiger partial charge in [0.25, 0.3) is 0 Å². The van der Waals surface area contributed by atoms with Crippen molar-refractivity contribution in [2.75, 3.05) is 32.0 Å². The molecule has 0 bridgehead atoms. The number of anilines is 1. The first-order valence-electron chi connectivity index (χ1n) is 8.47. The lowest BCUT2D eigenvalue weighted by Crippen LogP contribution is -2.26. The van der Waals surface area contributed by atoms with Crippen LogP contribution < -0.4 is 10.5 Å². The molecule has 0 amide bonds. The molecule has 0 heterocycles. The van der Waals surface area contributed by atoms with Crippen LogP contribution in [-0.2, 0) is 0 Å². The number of benzene rings is 1. The van der Waals surface area contributed by atoms with Gasteiger partial charge in [0.15, 0.2) is 0 Å². The number of ether oxygens (including phenoxy) is 1. The quantitative estimate of drug-likeness (QED) is 0.410. The minimum absolute atomic E-state index is 0. The zero-order valence-corrected chi connectivity index (χ0v) is 16.3. The van der Waals surface area contributed by atoms with Gasteiger partial charge in [-0.25, -0.2) is 0 Å². The Morgan fingerprint density at radius 3 is 2.09 bits per heavy atom. The third-order valence-corrected chi connectivity index (χ3v) is 3.79. The maximum absolute atomic E-state index is 5.73. The Labute approximate surface area is 154 Å². The number of nitrogens with zero attached hydrogens (tertiary/aromatic N) is 1. The van der Waals surface area contributed by atoms with Gasteiger partial charge in [0.1, 0.15) is 5.75 Å². The Morgan fingerprint density at radius 2 is 1.48 bits per heavy atom. The predicted octanol–water partition coefficient (Wildman–Crippen LogP) is 5.17. The van der Waals surface area contributed by atoms with Crippen LogP contribution in [-0.4, -0.2) is 31.1 Å². The summed E-state index contributed by atoms with van der Waals surface area (Å²) in [5, 5.41) is 0. The lowest BCUT2D eigenvalue weighted by molar-refractivity contribution is 0.238. The first kappa shape index (κ1) is 24.6. The molecule has 0 spiro atoms. The Kier molecular flexibility index (Phi) is 17.4. The van der Waals surface area contributed by atoms with Gasteiger partial charge in [-0.05, 0) is 50.2 Å². The highest BCUT2D eigenvalue weighted by atomic mass is 35.5. The van der Waals surface area contributed by atoms with Crippen LogP contribution in [0.3, 0.4) is 0 Å². The van der Waals surface area contributed by atoms with Gasteiger partial charge >= 0.3 is 0 Å². The molecular formula is C18H34Cl2N2O. The molecule has 1 aromatic rings. The van der Waals surface area contributed by atoms with E-state index in [4.69, 9.17) is 10.5 Å². The summed E-state index contributed by atoms with van der Waals surface area (Å²) in [6, 6.07) is 7.62. The molecule has 23 heavy (non-hydrogen) atoms. The van der Waals surface area contributed by atoms with Gasteiger partial charge in [0.2, 0.25) is 0 Å². The number of rotatable bonds is 12. The molecule has 136 valence electrons. The standard InChI is InChI=1S/C18H32N2O.2ClH/c1-3-5-6-7-8-14-20(4-2)15-9-16-21-18-12-10-17(19)11-13-18;;/h10-13H,3-9,14-16,19H2,1-2H3;2*1H. The maximum Gasteiger partial charge on any atom is 0.119 e. The van der Waals surface area contributed by atoms with Crippen LogP contribution in [0, 0.1) is 0 Å². The molecule has 3 nitrogen and oxygen atoms in total. The molecule has 0 aliphatic carbocycles. The summed E-state index contributed by atoms with van der Waals surface area (Å²) < 4.78 is 5.73. The van der Waals surface area contributed by atoms with E-state index in [2.05, 4.69) is 18.7 Å². The van der Waals surface area contributed by atoms with Crippen molar-refractivity contribution in [2.24, 2.45) is 0 Å². The molecule has 0 aliphatic heterocycles. The van der Waals surface area contributed by atoms with E-state index in [9.17, 15) is 0 Å². The van der Waals surface area contributed by atoms with Crippen LogP contribution in [0.1, 0.15) is 52.4 Å². The van der Waals surface area contributed by atoms with Crippen molar-refractivity contribution in [3.63, 3.8) is 0 Å². The zero-order chi connectivity index (χ0) is 15.3. The third-order valence-electron chi connectivity index (χ3n) is 3.79. The van der Waals surface area contributed by atoms with Gasteiger partial charge in [0, 0.05) is 12.2 Å². The van der Waals surface area contributed by atoms with E-state index >= 15 is 0 Å². The highest BCUT2D eigenvalue weighted by Crippen LogP contribution is 2.13. The van der Waals surface area contributed by atoms with Crippen LogP contribution in [0.5, 0.6) is 5.75 Å². The second-order valence-electron chi connectivity index (χ2n) is 5.62. The number of hydrogen-bond donors (Lipinski definition) is 1. The van der Waals surface area contributed by atoms with Crippen LogP contribution in [0.25, 0.3) is 0 Å². The van der Waals surface area contributed by atoms with Gasteiger partial charge in [-0.3, -0.25) is 0 Å². The molecule has 0 aromatic heterocycles. The topological polar surface area (TPSA) is 38.5 Å².